The van der Waals surface area contributed by atoms with Gasteiger partial charge in [0, 0.05) is 10.9 Å². The summed E-state index contributed by atoms with van der Waals surface area (Å²) in [5.74, 6) is -1.95. The summed E-state index contributed by atoms with van der Waals surface area (Å²) in [6.07, 6.45) is -14.6. The Morgan fingerprint density at radius 3 is 2.05 bits per heavy atom. The van der Waals surface area contributed by atoms with E-state index in [0.717, 1.165) is 0 Å². The van der Waals surface area contributed by atoms with Crippen LogP contribution in [-0.2, 0) is 11.5 Å². The van der Waals surface area contributed by atoms with Crippen LogP contribution in [0.15, 0.2) is 6.07 Å². The van der Waals surface area contributed by atoms with Crippen LogP contribution in [0.5, 0.6) is 5.88 Å². The molecule has 0 fully saturated rings. The highest BCUT2D eigenvalue weighted by Crippen LogP contribution is 2.43. The number of hydrogen-bond donors (Lipinski definition) is 0. The highest BCUT2D eigenvalue weighted by atomic mass is 79.9. The predicted molar refractivity (Wildman–Crippen MR) is 53.5 cm³/mol. The summed E-state index contributed by atoms with van der Waals surface area (Å²) in [5, 5.41) is -0.320. The summed E-state index contributed by atoms with van der Waals surface area (Å²) in [6.45, 7) is 0. The molecule has 0 aromatic carbocycles. The van der Waals surface area contributed by atoms with Gasteiger partial charge in [-0.1, -0.05) is 15.9 Å². The lowest BCUT2D eigenvalue weighted by molar-refractivity contribution is -0.278. The minimum Gasteiger partial charge on any atom is -0.387 e. The zero-order chi connectivity index (χ0) is 15.7. The van der Waals surface area contributed by atoms with Crippen LogP contribution in [0.3, 0.4) is 0 Å². The smallest absolute Gasteiger partial charge is 0.387 e. The van der Waals surface area contributed by atoms with Crippen LogP contribution in [0.1, 0.15) is 23.2 Å². The van der Waals surface area contributed by atoms with E-state index >= 15 is 0 Å². The second kappa shape index (κ2) is 5.70. The number of nitrogens with zero attached hydrogens (tertiary/aromatic N) is 1. The molecule has 0 bridgehead atoms. The summed E-state index contributed by atoms with van der Waals surface area (Å²) in [6, 6.07) is 0.367. The normalized spacial score (nSPS) is 12.9. The molecule has 2 nitrogen and oxygen atoms in total. The van der Waals surface area contributed by atoms with Gasteiger partial charge in [-0.05, 0) is 6.07 Å². The SMILES string of the molecule is FC(F)c1cc(CBr)nc(OC(F)(F)F)c1C(F)(F)F. The number of alkyl halides is 9. The average Bonchev–Trinajstić information content (AvgIpc) is 2.23. The van der Waals surface area contributed by atoms with Crippen molar-refractivity contribution in [2.75, 3.05) is 0 Å². The van der Waals surface area contributed by atoms with Gasteiger partial charge in [-0.3, -0.25) is 0 Å². The molecule has 0 amide bonds. The van der Waals surface area contributed by atoms with Gasteiger partial charge in [-0.25, -0.2) is 13.8 Å². The largest absolute Gasteiger partial charge is 0.574 e. The van der Waals surface area contributed by atoms with Crippen LogP contribution in [0.4, 0.5) is 35.1 Å². The first-order chi connectivity index (χ1) is 8.95. The Balaban J connectivity index is 3.56. The topological polar surface area (TPSA) is 22.1 Å². The summed E-state index contributed by atoms with van der Waals surface area (Å²) < 4.78 is 102. The van der Waals surface area contributed by atoms with Crippen LogP contribution in [0.25, 0.3) is 0 Å². The van der Waals surface area contributed by atoms with Gasteiger partial charge in [-0.2, -0.15) is 13.2 Å². The molecule has 0 aliphatic carbocycles. The van der Waals surface area contributed by atoms with Crippen LogP contribution < -0.4 is 4.74 Å². The van der Waals surface area contributed by atoms with E-state index in [-0.39, 0.29) is 5.33 Å². The molecule has 1 aromatic heterocycles. The average molecular weight is 374 g/mol. The van der Waals surface area contributed by atoms with E-state index in [1.54, 1.807) is 0 Å². The summed E-state index contributed by atoms with van der Waals surface area (Å²) in [7, 11) is 0. The maximum Gasteiger partial charge on any atom is 0.574 e. The number of pyridine rings is 1. The maximum absolute atomic E-state index is 12.6. The Labute approximate surface area is 114 Å². The monoisotopic (exact) mass is 373 g/mol. The van der Waals surface area contributed by atoms with Gasteiger partial charge in [0.25, 0.3) is 6.43 Å². The van der Waals surface area contributed by atoms with Crippen LogP contribution >= 0.6 is 15.9 Å². The van der Waals surface area contributed by atoms with E-state index in [0.29, 0.717) is 6.07 Å². The molecule has 114 valence electrons. The van der Waals surface area contributed by atoms with Crippen molar-refractivity contribution in [1.29, 1.82) is 0 Å². The lowest BCUT2D eigenvalue weighted by Crippen LogP contribution is -2.23. The fourth-order valence-corrected chi connectivity index (χ4v) is 1.59. The molecule has 1 rings (SSSR count). The van der Waals surface area contributed by atoms with Crippen LogP contribution in [0.2, 0.25) is 0 Å². The van der Waals surface area contributed by atoms with Crippen molar-refractivity contribution in [3.8, 4) is 5.88 Å². The molecule has 0 aliphatic heterocycles. The van der Waals surface area contributed by atoms with E-state index in [9.17, 15) is 35.1 Å². The maximum atomic E-state index is 12.6. The Morgan fingerprint density at radius 2 is 1.70 bits per heavy atom. The second-order valence-corrected chi connectivity index (χ2v) is 3.92. The Bertz CT molecular complexity index is 484. The highest BCUT2D eigenvalue weighted by molar-refractivity contribution is 9.08. The molecule has 0 saturated heterocycles. The van der Waals surface area contributed by atoms with E-state index in [2.05, 4.69) is 25.7 Å². The molecule has 0 N–H and O–H groups in total. The molecule has 11 heteroatoms. The Kier molecular flexibility index (Phi) is 4.82. The van der Waals surface area contributed by atoms with Gasteiger partial charge in [0.15, 0.2) is 0 Å². The van der Waals surface area contributed by atoms with E-state index in [4.69, 9.17) is 0 Å². The second-order valence-electron chi connectivity index (χ2n) is 3.36. The van der Waals surface area contributed by atoms with Gasteiger partial charge < -0.3 is 4.74 Å². The minimum absolute atomic E-state index is 0.320. The van der Waals surface area contributed by atoms with Crippen molar-refractivity contribution in [3.63, 3.8) is 0 Å². The zero-order valence-electron chi connectivity index (χ0n) is 9.12. The lowest BCUT2D eigenvalue weighted by atomic mass is 10.1. The van der Waals surface area contributed by atoms with Crippen molar-refractivity contribution in [2.45, 2.75) is 24.3 Å². The third-order valence-corrected chi connectivity index (χ3v) is 2.51. The van der Waals surface area contributed by atoms with Gasteiger partial charge in [0.2, 0.25) is 5.88 Å². The third-order valence-electron chi connectivity index (χ3n) is 1.94. The highest BCUT2D eigenvalue weighted by Gasteiger charge is 2.44. The summed E-state index contributed by atoms with van der Waals surface area (Å²) >= 11 is 2.70. The molecule has 0 saturated carbocycles. The first-order valence-electron chi connectivity index (χ1n) is 4.66. The van der Waals surface area contributed by atoms with Crippen molar-refractivity contribution in [1.82, 2.24) is 4.98 Å². The molecule has 0 radical (unpaired) electrons. The molecular formula is C9H4BrF8NO. The molecular weight excluding hydrogens is 370 g/mol. The zero-order valence-corrected chi connectivity index (χ0v) is 10.7. The van der Waals surface area contributed by atoms with Crippen LogP contribution in [-0.4, -0.2) is 11.3 Å². The van der Waals surface area contributed by atoms with E-state index < -0.39 is 41.7 Å². The molecule has 0 spiro atoms. The third kappa shape index (κ3) is 4.18. The number of hydrogen-bond acceptors (Lipinski definition) is 2. The van der Waals surface area contributed by atoms with Crippen molar-refractivity contribution >= 4 is 15.9 Å². The standard InChI is InChI=1S/C9H4BrF8NO/c10-2-3-1-4(6(11)12)5(8(13,14)15)7(19-3)20-9(16,17)18/h1,6H,2H2. The number of ether oxygens (including phenoxy) is 1. The quantitative estimate of drug-likeness (QED) is 0.559. The van der Waals surface area contributed by atoms with Gasteiger partial charge >= 0.3 is 12.5 Å². The number of aromatic nitrogens is 1. The first-order valence-corrected chi connectivity index (χ1v) is 5.78. The Hall–Kier alpha value is -1.13. The molecule has 0 aliphatic rings. The van der Waals surface area contributed by atoms with Gasteiger partial charge in [0.1, 0.15) is 5.56 Å². The van der Waals surface area contributed by atoms with Crippen LogP contribution in [0, 0.1) is 0 Å². The molecule has 0 unspecified atom stereocenters. The number of halogens is 9. The molecule has 1 heterocycles. The lowest BCUT2D eigenvalue weighted by Gasteiger charge is -2.18. The van der Waals surface area contributed by atoms with Crippen molar-refractivity contribution in [3.05, 3.63) is 22.9 Å². The van der Waals surface area contributed by atoms with Gasteiger partial charge in [-0.15, -0.1) is 13.2 Å². The molecule has 0 atom stereocenters. The fourth-order valence-electron chi connectivity index (χ4n) is 1.30. The fraction of sp³-hybridized carbons (Fsp3) is 0.444. The molecule has 20 heavy (non-hydrogen) atoms. The Morgan fingerprint density at radius 1 is 1.15 bits per heavy atom. The molecule has 1 aromatic rings. The van der Waals surface area contributed by atoms with E-state index in [1.165, 1.54) is 0 Å². The predicted octanol–water partition coefficient (Wildman–Crippen LogP) is 4.83. The van der Waals surface area contributed by atoms with Crippen molar-refractivity contribution < 1.29 is 39.9 Å². The number of rotatable bonds is 3. The van der Waals surface area contributed by atoms with E-state index in [1.807, 2.05) is 0 Å². The summed E-state index contributed by atoms with van der Waals surface area (Å²) in [4.78, 5) is 2.94. The van der Waals surface area contributed by atoms with Crippen molar-refractivity contribution in [2.24, 2.45) is 0 Å². The summed E-state index contributed by atoms with van der Waals surface area (Å²) in [5.41, 5.74) is -4.32. The first kappa shape index (κ1) is 16.9. The minimum atomic E-state index is -5.49. The van der Waals surface area contributed by atoms with Gasteiger partial charge in [0.05, 0.1) is 5.69 Å².